The second kappa shape index (κ2) is 27.3. The highest BCUT2D eigenvalue weighted by atomic mass is 16.7. The number of hydrogen-bond acceptors (Lipinski definition) is 16. The van der Waals surface area contributed by atoms with Crippen LogP contribution in [0.2, 0.25) is 0 Å². The van der Waals surface area contributed by atoms with E-state index >= 15 is 0 Å². The van der Waals surface area contributed by atoms with Crippen LogP contribution in [0.1, 0.15) is 85.5 Å². The molecule has 12 N–H and O–H groups in total. The fourth-order valence-corrected chi connectivity index (χ4v) is 7.85. The summed E-state index contributed by atoms with van der Waals surface area (Å²) in [5.41, 5.74) is 6.03. The Bertz CT molecular complexity index is 1630. The maximum Gasteiger partial charge on any atom is 0.309 e. The molecule has 0 aromatic rings. The molecule has 362 valence electrons. The van der Waals surface area contributed by atoms with E-state index in [1.54, 1.807) is 69.4 Å². The van der Waals surface area contributed by atoms with E-state index in [-0.39, 0.29) is 44.4 Å². The van der Waals surface area contributed by atoms with Crippen molar-refractivity contribution in [3.63, 3.8) is 0 Å². The third-order valence-corrected chi connectivity index (χ3v) is 12.0. The molecule has 0 spiro atoms. The van der Waals surface area contributed by atoms with Gasteiger partial charge in [0.2, 0.25) is 0 Å². The monoisotopic (exact) mass is 907 g/mol. The fraction of sp³-hybridized carbons (Fsp3) is 0.660. The molecule has 0 saturated carbocycles. The number of esters is 1. The summed E-state index contributed by atoms with van der Waals surface area (Å²) in [5.74, 6) is -5.78. The number of rotatable bonds is 3. The van der Waals surface area contributed by atoms with Crippen LogP contribution in [0, 0.1) is 17.8 Å². The normalized spacial score (nSPS) is 44.8. The van der Waals surface area contributed by atoms with E-state index in [1.807, 2.05) is 43.4 Å². The number of carboxylic acids is 1. The number of ether oxygens (including phenoxy) is 4. The molecule has 18 atom stereocenters. The molecule has 3 rings (SSSR count). The molecule has 64 heavy (non-hydrogen) atoms. The Morgan fingerprint density at radius 2 is 1.27 bits per heavy atom. The van der Waals surface area contributed by atoms with Crippen LogP contribution in [0.3, 0.4) is 0 Å². The van der Waals surface area contributed by atoms with Crippen molar-refractivity contribution in [3.05, 3.63) is 85.1 Å². The van der Waals surface area contributed by atoms with E-state index in [4.69, 9.17) is 24.7 Å². The van der Waals surface area contributed by atoms with Gasteiger partial charge in [0, 0.05) is 37.5 Å². The standard InChI is InChI=1S/C47H73NO16/c1-28-17-15-13-11-9-7-5-6-8-10-12-14-16-18-35(63-46-44(57)41(48)43(56)31(4)62-46)26-39-36(45(58)59)21-22-47(60,64-39)27-34(51)24-38(53)37(52)20-19-32(49)23-33(50)25-40(54)61-30(3)29(2)42(28)55/h5-18,28-39,41-44,46,49-53,55-57,60H,19-27,48H2,1-4H3,(H,58,59)/b6-5+,9-7+,10-8+,13-11+,14-12+,17-15+,18-16+/t28-,29-,30-,31?,32+,33+,34-,35-,36+,37+,38+,39-,41?,42+,43?,44?,46?,47-/m0/s1. The lowest BCUT2D eigenvalue weighted by Crippen LogP contribution is -2.61. The van der Waals surface area contributed by atoms with Crippen LogP contribution >= 0.6 is 0 Å². The lowest BCUT2D eigenvalue weighted by atomic mass is 9.85. The summed E-state index contributed by atoms with van der Waals surface area (Å²) in [4.78, 5) is 25.0. The van der Waals surface area contributed by atoms with Crippen LogP contribution in [0.4, 0.5) is 0 Å². The molecule has 0 amide bonds. The van der Waals surface area contributed by atoms with Gasteiger partial charge >= 0.3 is 11.9 Å². The fourth-order valence-electron chi connectivity index (χ4n) is 7.85. The molecule has 2 fully saturated rings. The Morgan fingerprint density at radius 3 is 1.86 bits per heavy atom. The average Bonchev–Trinajstić information content (AvgIpc) is 3.22. The second-order valence-electron chi connectivity index (χ2n) is 17.4. The van der Waals surface area contributed by atoms with Crippen molar-refractivity contribution in [1.29, 1.82) is 0 Å². The summed E-state index contributed by atoms with van der Waals surface area (Å²) in [6.45, 7) is 6.80. The highest BCUT2D eigenvalue weighted by Crippen LogP contribution is 2.38. The SMILES string of the molecule is CC1OC(O[C@H]2/C=C/C=C/C=C/C=C/C=C/C=C/C=C/[C@H](C)[C@@H](O)[C@@H](C)[C@H](C)OC(=O)C[C@H](O)C[C@H](O)CC[C@@H](O)[C@H](O)C[C@H](O)C[C@]3(O)CC[C@@H](C(=O)O)[C@H](C2)O3)C(O)C(N)C1O. The van der Waals surface area contributed by atoms with E-state index in [2.05, 4.69) is 0 Å². The van der Waals surface area contributed by atoms with Crippen molar-refractivity contribution in [3.8, 4) is 0 Å². The minimum atomic E-state index is -2.05. The summed E-state index contributed by atoms with van der Waals surface area (Å²) in [5, 5.41) is 107. The van der Waals surface area contributed by atoms with Crippen molar-refractivity contribution in [1.82, 2.24) is 0 Å². The first-order valence-electron chi connectivity index (χ1n) is 22.2. The third-order valence-electron chi connectivity index (χ3n) is 12.0. The third kappa shape index (κ3) is 18.5. The highest BCUT2D eigenvalue weighted by Gasteiger charge is 2.47. The molecule has 0 aromatic heterocycles. The first kappa shape index (κ1) is 54.9. The van der Waals surface area contributed by atoms with Gasteiger partial charge in [-0.05, 0) is 39.5 Å². The molecule has 0 aliphatic carbocycles. The molecular formula is C47H73NO16. The minimum Gasteiger partial charge on any atom is -0.481 e. The Balaban J connectivity index is 1.83. The van der Waals surface area contributed by atoms with Crippen molar-refractivity contribution >= 4 is 11.9 Å². The van der Waals surface area contributed by atoms with Crippen LogP contribution < -0.4 is 5.73 Å². The molecule has 17 heteroatoms. The quantitative estimate of drug-likeness (QED) is 0.180. The molecule has 5 unspecified atom stereocenters. The minimum absolute atomic E-state index is 0.0514. The van der Waals surface area contributed by atoms with Crippen molar-refractivity contribution in [2.45, 2.75) is 177 Å². The number of hydrogen-bond donors (Lipinski definition) is 11. The zero-order valence-corrected chi connectivity index (χ0v) is 37.3. The summed E-state index contributed by atoms with van der Waals surface area (Å²) in [6, 6.07) is -1.10. The van der Waals surface area contributed by atoms with Gasteiger partial charge in [0.15, 0.2) is 12.1 Å². The highest BCUT2D eigenvalue weighted by molar-refractivity contribution is 5.71. The largest absolute Gasteiger partial charge is 0.481 e. The number of fused-ring (bicyclic) bond motifs is 2. The molecule has 3 heterocycles. The zero-order chi connectivity index (χ0) is 47.6. The Morgan fingerprint density at radius 1 is 0.688 bits per heavy atom. The molecule has 3 aliphatic heterocycles. The smallest absolute Gasteiger partial charge is 0.309 e. The topological polar surface area (TPSA) is 299 Å². The Hall–Kier alpha value is -3.40. The molecule has 0 aromatic carbocycles. The molecule has 3 aliphatic rings. The molecule has 0 radical (unpaired) electrons. The van der Waals surface area contributed by atoms with Crippen LogP contribution in [0.5, 0.6) is 0 Å². The van der Waals surface area contributed by atoms with Gasteiger partial charge in [0.25, 0.3) is 0 Å². The van der Waals surface area contributed by atoms with Gasteiger partial charge in [-0.3, -0.25) is 9.59 Å². The number of aliphatic hydroxyl groups is 9. The first-order chi connectivity index (χ1) is 30.2. The van der Waals surface area contributed by atoms with Gasteiger partial charge in [-0.15, -0.1) is 0 Å². The Kier molecular flexibility index (Phi) is 23.4. The molecule has 17 nitrogen and oxygen atoms in total. The number of allylic oxidation sites excluding steroid dienone is 12. The Labute approximate surface area is 376 Å². The van der Waals surface area contributed by atoms with E-state index in [9.17, 15) is 60.7 Å². The van der Waals surface area contributed by atoms with Gasteiger partial charge in [0.05, 0.1) is 79.4 Å². The number of carbonyl (C=O) groups excluding carboxylic acids is 1. The van der Waals surface area contributed by atoms with Crippen LogP contribution in [-0.4, -0.2) is 154 Å². The number of aliphatic carboxylic acids is 1. The number of aliphatic hydroxyl groups excluding tert-OH is 8. The number of carbonyl (C=O) groups is 2. The first-order valence-corrected chi connectivity index (χ1v) is 22.2. The summed E-state index contributed by atoms with van der Waals surface area (Å²) < 4.78 is 23.3. The summed E-state index contributed by atoms with van der Waals surface area (Å²) in [7, 11) is 0. The lowest BCUT2D eigenvalue weighted by molar-refractivity contribution is -0.295. The lowest BCUT2D eigenvalue weighted by Gasteiger charge is -2.43. The predicted octanol–water partition coefficient (Wildman–Crippen LogP) is 1.74. The van der Waals surface area contributed by atoms with Crippen molar-refractivity contribution in [2.24, 2.45) is 23.5 Å². The molecule has 2 saturated heterocycles. The molecule has 2 bridgehead atoms. The summed E-state index contributed by atoms with van der Waals surface area (Å²) in [6.07, 6.45) is 7.42. The van der Waals surface area contributed by atoms with Gasteiger partial charge in [-0.25, -0.2) is 0 Å². The maximum absolute atomic E-state index is 12.6. The predicted molar refractivity (Wildman–Crippen MR) is 236 cm³/mol. The van der Waals surface area contributed by atoms with Gasteiger partial charge in [0.1, 0.15) is 12.2 Å². The number of nitrogens with two attached hydrogens (primary N) is 1. The van der Waals surface area contributed by atoms with Crippen molar-refractivity contribution < 1.29 is 79.6 Å². The van der Waals surface area contributed by atoms with E-state index in [1.165, 1.54) is 0 Å². The van der Waals surface area contributed by atoms with E-state index in [0.717, 1.165) is 0 Å². The van der Waals surface area contributed by atoms with E-state index < -0.39 is 134 Å². The van der Waals surface area contributed by atoms with Crippen LogP contribution in [0.15, 0.2) is 85.1 Å². The van der Waals surface area contributed by atoms with Gasteiger partial charge in [-0.2, -0.15) is 0 Å². The van der Waals surface area contributed by atoms with Gasteiger partial charge in [-0.1, -0.05) is 98.9 Å². The number of carboxylic acid groups (broad SMARTS) is 1. The van der Waals surface area contributed by atoms with E-state index in [0.29, 0.717) is 0 Å². The zero-order valence-electron chi connectivity index (χ0n) is 37.3. The van der Waals surface area contributed by atoms with Crippen LogP contribution in [0.25, 0.3) is 0 Å². The average molecular weight is 908 g/mol. The molecular weight excluding hydrogens is 835 g/mol. The number of cyclic esters (lactones) is 1. The van der Waals surface area contributed by atoms with Gasteiger partial charge < -0.3 is 75.7 Å². The van der Waals surface area contributed by atoms with Crippen LogP contribution in [-0.2, 0) is 28.5 Å². The second-order valence-corrected chi connectivity index (χ2v) is 17.4. The van der Waals surface area contributed by atoms with Crippen molar-refractivity contribution in [2.75, 3.05) is 0 Å². The summed E-state index contributed by atoms with van der Waals surface area (Å²) >= 11 is 0. The maximum atomic E-state index is 12.6.